The van der Waals surface area contributed by atoms with E-state index in [1.807, 2.05) is 18.2 Å². The van der Waals surface area contributed by atoms with E-state index in [0.29, 0.717) is 6.67 Å². The minimum atomic E-state index is -0.768. The number of benzene rings is 2. The van der Waals surface area contributed by atoms with Gasteiger partial charge in [-0.1, -0.05) is 17.7 Å². The van der Waals surface area contributed by atoms with E-state index >= 15 is 0 Å². The third-order valence-electron chi connectivity index (χ3n) is 5.09. The molecule has 172 valence electrons. The second-order valence-electron chi connectivity index (χ2n) is 7.36. The van der Waals surface area contributed by atoms with E-state index in [2.05, 4.69) is 15.6 Å². The molecule has 0 spiro atoms. The summed E-state index contributed by atoms with van der Waals surface area (Å²) in [6.45, 7) is 0.525. The Labute approximate surface area is 192 Å². The highest BCUT2D eigenvalue weighted by molar-refractivity contribution is 6.31. The van der Waals surface area contributed by atoms with Gasteiger partial charge in [-0.05, 0) is 36.9 Å². The number of amides is 1. The third kappa shape index (κ3) is 4.81. The molecule has 2 N–H and O–H groups in total. The number of hydrogen-bond acceptors (Lipinski definition) is 6. The highest BCUT2D eigenvalue weighted by Crippen LogP contribution is 2.32. The molecule has 0 saturated carbocycles. The number of rotatable bonds is 7. The van der Waals surface area contributed by atoms with Crippen molar-refractivity contribution in [1.82, 2.24) is 14.9 Å². The average molecular weight is 476 g/mol. The van der Waals surface area contributed by atoms with Crippen molar-refractivity contribution >= 4 is 28.9 Å². The molecule has 0 aliphatic carbocycles. The van der Waals surface area contributed by atoms with Crippen LogP contribution in [0.2, 0.25) is 5.02 Å². The lowest BCUT2D eigenvalue weighted by Gasteiger charge is -2.16. The highest BCUT2D eigenvalue weighted by atomic mass is 35.5. The second kappa shape index (κ2) is 9.55. The van der Waals surface area contributed by atoms with Crippen LogP contribution in [0.3, 0.4) is 0 Å². The van der Waals surface area contributed by atoms with Crippen LogP contribution in [0.1, 0.15) is 11.1 Å². The number of likely N-dealkylation sites (N-methyl/N-ethyl adjacent to an activating group) is 1. The number of hydrogen-bond donors (Lipinski definition) is 2. The van der Waals surface area contributed by atoms with Gasteiger partial charge in [0.15, 0.2) is 5.02 Å². The predicted octanol–water partition coefficient (Wildman–Crippen LogP) is 2.74. The maximum absolute atomic E-state index is 13.8. The van der Waals surface area contributed by atoms with Crippen molar-refractivity contribution in [2.45, 2.75) is 13.2 Å². The molecule has 11 heteroatoms. The molecule has 1 aliphatic heterocycles. The lowest BCUT2D eigenvalue weighted by molar-refractivity contribution is -0.117. The SMILES string of the molecule is CNCC(=O)N1CNc2cc(Cn3cnc(OCc4ccc(F)cc4F)c(Cl)c3=O)ccc21. The monoisotopic (exact) mass is 475 g/mol. The quantitative estimate of drug-likeness (QED) is 0.546. The third-order valence-corrected chi connectivity index (χ3v) is 5.41. The average Bonchev–Trinajstić information content (AvgIpc) is 3.21. The van der Waals surface area contributed by atoms with Crippen LogP contribution < -0.4 is 25.8 Å². The van der Waals surface area contributed by atoms with Crippen LogP contribution in [0.15, 0.2) is 47.5 Å². The number of nitrogens with one attached hydrogen (secondary N) is 2. The van der Waals surface area contributed by atoms with E-state index in [1.165, 1.54) is 17.0 Å². The Morgan fingerprint density at radius 3 is 2.85 bits per heavy atom. The summed E-state index contributed by atoms with van der Waals surface area (Å²) >= 11 is 6.14. The molecule has 33 heavy (non-hydrogen) atoms. The van der Waals surface area contributed by atoms with E-state index in [-0.39, 0.29) is 42.1 Å². The maximum atomic E-state index is 13.8. The molecule has 0 radical (unpaired) electrons. The first-order chi connectivity index (χ1) is 15.9. The van der Waals surface area contributed by atoms with Gasteiger partial charge in [0, 0.05) is 11.6 Å². The number of ether oxygens (including phenoxy) is 1. The van der Waals surface area contributed by atoms with Crippen LogP contribution in [0, 0.1) is 11.6 Å². The number of halogens is 3. The Morgan fingerprint density at radius 1 is 1.27 bits per heavy atom. The van der Waals surface area contributed by atoms with Gasteiger partial charge in [-0.2, -0.15) is 0 Å². The first-order valence-electron chi connectivity index (χ1n) is 10.0. The van der Waals surface area contributed by atoms with Crippen molar-refractivity contribution in [3.8, 4) is 5.88 Å². The zero-order chi connectivity index (χ0) is 23.5. The van der Waals surface area contributed by atoms with Gasteiger partial charge in [0.1, 0.15) is 24.6 Å². The van der Waals surface area contributed by atoms with Gasteiger partial charge in [0.25, 0.3) is 5.56 Å². The van der Waals surface area contributed by atoms with Crippen molar-refractivity contribution in [2.75, 3.05) is 30.5 Å². The van der Waals surface area contributed by atoms with Gasteiger partial charge >= 0.3 is 0 Å². The summed E-state index contributed by atoms with van der Waals surface area (Å²) in [5, 5.41) is 5.76. The van der Waals surface area contributed by atoms with E-state index < -0.39 is 17.2 Å². The Kier molecular flexibility index (Phi) is 6.57. The second-order valence-corrected chi connectivity index (χ2v) is 7.74. The molecule has 0 bridgehead atoms. The van der Waals surface area contributed by atoms with Crippen LogP contribution in [0.4, 0.5) is 20.2 Å². The van der Waals surface area contributed by atoms with Gasteiger partial charge in [-0.15, -0.1) is 0 Å². The first kappa shape index (κ1) is 22.7. The van der Waals surface area contributed by atoms with Crippen molar-refractivity contribution in [1.29, 1.82) is 0 Å². The molecule has 0 saturated heterocycles. The highest BCUT2D eigenvalue weighted by Gasteiger charge is 2.24. The lowest BCUT2D eigenvalue weighted by Crippen LogP contribution is -2.36. The minimum absolute atomic E-state index is 0.0557. The van der Waals surface area contributed by atoms with Crippen LogP contribution in [-0.2, 0) is 17.9 Å². The van der Waals surface area contributed by atoms with Crippen molar-refractivity contribution in [2.24, 2.45) is 0 Å². The number of carbonyl (C=O) groups excluding carboxylic acids is 1. The smallest absolute Gasteiger partial charge is 0.276 e. The van der Waals surface area contributed by atoms with Crippen molar-refractivity contribution in [3.05, 3.63) is 80.9 Å². The van der Waals surface area contributed by atoms with Crippen molar-refractivity contribution < 1.29 is 18.3 Å². The summed E-state index contributed by atoms with van der Waals surface area (Å²) < 4.78 is 33.5. The fourth-order valence-corrected chi connectivity index (χ4v) is 3.63. The molecule has 1 amide bonds. The summed E-state index contributed by atoms with van der Waals surface area (Å²) in [7, 11) is 1.71. The van der Waals surface area contributed by atoms with Gasteiger partial charge in [-0.25, -0.2) is 13.8 Å². The summed E-state index contributed by atoms with van der Waals surface area (Å²) in [5.74, 6) is -1.67. The number of carbonyl (C=O) groups is 1. The zero-order valence-corrected chi connectivity index (χ0v) is 18.3. The molecule has 0 fully saturated rings. The standard InChI is InChI=1S/C22H20ClF2N5O3/c1-26-8-19(31)30-12-27-17-6-13(2-5-18(17)30)9-29-11-28-21(20(23)22(29)32)33-10-14-3-4-15(24)7-16(14)25/h2-7,11,26-27H,8-10,12H2,1H3. The fourth-order valence-electron chi connectivity index (χ4n) is 3.42. The molecule has 1 aromatic heterocycles. The largest absolute Gasteiger partial charge is 0.471 e. The summed E-state index contributed by atoms with van der Waals surface area (Å²) in [4.78, 5) is 30.6. The Bertz CT molecular complexity index is 1270. The van der Waals surface area contributed by atoms with Crippen LogP contribution >= 0.6 is 11.6 Å². The molecule has 1 aliphatic rings. The Morgan fingerprint density at radius 2 is 2.09 bits per heavy atom. The number of nitrogens with zero attached hydrogens (tertiary/aromatic N) is 3. The van der Waals surface area contributed by atoms with Gasteiger partial charge < -0.3 is 15.4 Å². The molecule has 8 nitrogen and oxygen atoms in total. The summed E-state index contributed by atoms with van der Waals surface area (Å²) in [6, 6.07) is 8.57. The molecule has 4 rings (SSSR count). The van der Waals surface area contributed by atoms with E-state index in [0.717, 1.165) is 29.1 Å². The number of aromatic nitrogens is 2. The molecule has 3 aromatic rings. The lowest BCUT2D eigenvalue weighted by atomic mass is 10.1. The van der Waals surface area contributed by atoms with Gasteiger partial charge in [0.2, 0.25) is 11.8 Å². The molecule has 2 heterocycles. The number of fused-ring (bicyclic) bond motifs is 1. The molecular formula is C22H20ClF2N5O3. The summed E-state index contributed by atoms with van der Waals surface area (Å²) in [5.41, 5.74) is 1.92. The molecular weight excluding hydrogens is 456 g/mol. The zero-order valence-electron chi connectivity index (χ0n) is 17.6. The predicted molar refractivity (Wildman–Crippen MR) is 120 cm³/mol. The minimum Gasteiger partial charge on any atom is -0.471 e. The Balaban J connectivity index is 1.48. The van der Waals surface area contributed by atoms with Crippen LogP contribution in [-0.4, -0.2) is 35.7 Å². The van der Waals surface area contributed by atoms with Gasteiger partial charge in [0.05, 0.1) is 31.1 Å². The van der Waals surface area contributed by atoms with Crippen LogP contribution in [0.25, 0.3) is 0 Å². The number of anilines is 2. The fraction of sp³-hybridized carbons (Fsp3) is 0.227. The topological polar surface area (TPSA) is 88.5 Å². The van der Waals surface area contributed by atoms with E-state index in [4.69, 9.17) is 16.3 Å². The summed E-state index contributed by atoms with van der Waals surface area (Å²) in [6.07, 6.45) is 1.29. The van der Waals surface area contributed by atoms with E-state index in [9.17, 15) is 18.4 Å². The normalized spacial score (nSPS) is 12.4. The van der Waals surface area contributed by atoms with Crippen LogP contribution in [0.5, 0.6) is 5.88 Å². The molecule has 0 atom stereocenters. The van der Waals surface area contributed by atoms with Crippen molar-refractivity contribution in [3.63, 3.8) is 0 Å². The van der Waals surface area contributed by atoms with Gasteiger partial charge in [-0.3, -0.25) is 19.1 Å². The maximum Gasteiger partial charge on any atom is 0.276 e. The first-order valence-corrected chi connectivity index (χ1v) is 10.4. The van der Waals surface area contributed by atoms with E-state index in [1.54, 1.807) is 11.9 Å². The molecule has 0 unspecified atom stereocenters. The molecule has 2 aromatic carbocycles. The Hall–Kier alpha value is -3.50.